The van der Waals surface area contributed by atoms with E-state index in [1.807, 2.05) is 13.1 Å². The highest BCUT2D eigenvalue weighted by atomic mass is 14.9. The van der Waals surface area contributed by atoms with E-state index in [-0.39, 0.29) is 0 Å². The molecule has 2 nitrogen and oxygen atoms in total. The number of nitrogens with one attached hydrogen (secondary N) is 1. The highest BCUT2D eigenvalue weighted by molar-refractivity contribution is 5.83. The lowest BCUT2D eigenvalue weighted by molar-refractivity contribution is 0.671. The van der Waals surface area contributed by atoms with E-state index in [1.54, 1.807) is 0 Å². The summed E-state index contributed by atoms with van der Waals surface area (Å²) >= 11 is 0. The Morgan fingerprint density at radius 2 is 2.24 bits per heavy atom. The molecule has 0 atom stereocenters. The molecule has 0 aliphatic heterocycles. The van der Waals surface area contributed by atoms with Crippen molar-refractivity contribution in [2.45, 2.75) is 25.9 Å². The Morgan fingerprint density at radius 3 is 3.00 bits per heavy atom. The molecule has 0 amide bonds. The zero-order valence-electron chi connectivity index (χ0n) is 10.4. The van der Waals surface area contributed by atoms with E-state index in [9.17, 15) is 0 Å². The molecule has 1 N–H and O–H groups in total. The third kappa shape index (κ3) is 2.59. The number of allylic oxidation sites excluding steroid dienone is 1. The van der Waals surface area contributed by atoms with Crippen molar-refractivity contribution in [3.63, 3.8) is 0 Å². The smallest absolute Gasteiger partial charge is 0.0483 e. The van der Waals surface area contributed by atoms with Crippen LogP contribution >= 0.6 is 0 Å². The van der Waals surface area contributed by atoms with E-state index in [1.165, 1.54) is 16.5 Å². The first-order valence-corrected chi connectivity index (χ1v) is 6.19. The van der Waals surface area contributed by atoms with Crippen LogP contribution in [0.1, 0.15) is 18.4 Å². The predicted octanol–water partition coefficient (Wildman–Crippen LogP) is 3.33. The molecule has 1 aromatic carbocycles. The van der Waals surface area contributed by atoms with Crippen molar-refractivity contribution in [1.82, 2.24) is 9.88 Å². The number of aryl methyl sites for hydroxylation is 1. The Morgan fingerprint density at radius 1 is 1.35 bits per heavy atom. The lowest BCUT2D eigenvalue weighted by Crippen LogP contribution is -2.05. The average Bonchev–Trinajstić information content (AvgIpc) is 2.75. The average molecular weight is 228 g/mol. The van der Waals surface area contributed by atoms with E-state index < -0.39 is 0 Å². The highest BCUT2D eigenvalue weighted by Crippen LogP contribution is 2.20. The van der Waals surface area contributed by atoms with E-state index in [0.29, 0.717) is 0 Å². The molecule has 1 aromatic heterocycles. The summed E-state index contributed by atoms with van der Waals surface area (Å²) in [5, 5.41) is 4.58. The van der Waals surface area contributed by atoms with Gasteiger partial charge in [0.1, 0.15) is 0 Å². The summed E-state index contributed by atoms with van der Waals surface area (Å²) in [4.78, 5) is 0. The second-order valence-electron chi connectivity index (χ2n) is 4.32. The second kappa shape index (κ2) is 5.69. The summed E-state index contributed by atoms with van der Waals surface area (Å²) in [5.74, 6) is 0. The molecule has 2 heteroatoms. The van der Waals surface area contributed by atoms with Gasteiger partial charge in [-0.1, -0.05) is 18.2 Å². The fraction of sp³-hybridized carbons (Fsp3) is 0.333. The monoisotopic (exact) mass is 228 g/mol. The van der Waals surface area contributed by atoms with Crippen molar-refractivity contribution >= 4 is 10.9 Å². The standard InChI is InChI=1S/C15H20N2/c1-3-4-5-10-17-11-9-14-13(12-16-2)7-6-8-15(14)17/h3,6-9,11,16H,1,4-5,10,12H2,2H3. The molecule has 0 bridgehead atoms. The van der Waals surface area contributed by atoms with Crippen LogP contribution in [0.15, 0.2) is 43.1 Å². The van der Waals surface area contributed by atoms with Crippen LogP contribution in [0.5, 0.6) is 0 Å². The molecule has 1 heterocycles. The molecule has 0 spiro atoms. The van der Waals surface area contributed by atoms with Crippen LogP contribution in [0.3, 0.4) is 0 Å². The van der Waals surface area contributed by atoms with Crippen LogP contribution < -0.4 is 5.32 Å². The number of hydrogen-bond acceptors (Lipinski definition) is 1. The molecule has 2 rings (SSSR count). The molecule has 0 fully saturated rings. The molecular weight excluding hydrogens is 208 g/mol. The maximum absolute atomic E-state index is 3.76. The number of aromatic nitrogens is 1. The first kappa shape index (κ1) is 11.9. The SMILES string of the molecule is C=CCCCn1ccc2c(CNC)cccc21. The number of fused-ring (bicyclic) bond motifs is 1. The topological polar surface area (TPSA) is 17.0 Å². The third-order valence-electron chi connectivity index (χ3n) is 3.08. The van der Waals surface area contributed by atoms with E-state index in [4.69, 9.17) is 0 Å². The second-order valence-corrected chi connectivity index (χ2v) is 4.32. The molecule has 17 heavy (non-hydrogen) atoms. The summed E-state index contributed by atoms with van der Waals surface area (Å²) in [6.45, 7) is 5.76. The molecule has 0 unspecified atom stereocenters. The Bertz CT molecular complexity index is 497. The molecule has 0 aliphatic rings. The Hall–Kier alpha value is -1.54. The normalized spacial score (nSPS) is 10.9. The fourth-order valence-electron chi connectivity index (χ4n) is 2.23. The fourth-order valence-corrected chi connectivity index (χ4v) is 2.23. The van der Waals surface area contributed by atoms with E-state index in [2.05, 4.69) is 46.9 Å². The van der Waals surface area contributed by atoms with Crippen LogP contribution in [-0.4, -0.2) is 11.6 Å². The third-order valence-corrected chi connectivity index (χ3v) is 3.08. The molecule has 0 radical (unpaired) electrons. The molecule has 0 saturated carbocycles. The van der Waals surface area contributed by atoms with Crippen molar-refractivity contribution in [3.8, 4) is 0 Å². The lowest BCUT2D eigenvalue weighted by Gasteiger charge is -2.06. The van der Waals surface area contributed by atoms with Crippen LogP contribution in [-0.2, 0) is 13.1 Å². The maximum atomic E-state index is 3.76. The summed E-state index contributed by atoms with van der Waals surface area (Å²) in [7, 11) is 1.99. The molecule has 0 aliphatic carbocycles. The van der Waals surface area contributed by atoms with Gasteiger partial charge in [0, 0.05) is 30.2 Å². The van der Waals surface area contributed by atoms with Gasteiger partial charge in [-0.05, 0) is 37.6 Å². The van der Waals surface area contributed by atoms with E-state index in [0.717, 1.165) is 25.9 Å². The number of unbranched alkanes of at least 4 members (excludes halogenated alkanes) is 1. The summed E-state index contributed by atoms with van der Waals surface area (Å²) in [6.07, 6.45) is 6.41. The van der Waals surface area contributed by atoms with Crippen molar-refractivity contribution in [1.29, 1.82) is 0 Å². The van der Waals surface area contributed by atoms with Gasteiger partial charge in [0.15, 0.2) is 0 Å². The minimum atomic E-state index is 0.925. The number of benzene rings is 1. The number of rotatable bonds is 6. The number of hydrogen-bond donors (Lipinski definition) is 1. The first-order valence-electron chi connectivity index (χ1n) is 6.19. The van der Waals surface area contributed by atoms with Gasteiger partial charge in [-0.3, -0.25) is 0 Å². The zero-order valence-corrected chi connectivity index (χ0v) is 10.4. The zero-order chi connectivity index (χ0) is 12.1. The van der Waals surface area contributed by atoms with Crippen LogP contribution in [0.4, 0.5) is 0 Å². The summed E-state index contributed by atoms with van der Waals surface area (Å²) in [6, 6.07) is 8.74. The van der Waals surface area contributed by atoms with Crippen molar-refractivity contribution in [2.24, 2.45) is 0 Å². The van der Waals surface area contributed by atoms with Crippen LogP contribution in [0.25, 0.3) is 10.9 Å². The van der Waals surface area contributed by atoms with Gasteiger partial charge >= 0.3 is 0 Å². The van der Waals surface area contributed by atoms with Gasteiger partial charge in [-0.2, -0.15) is 0 Å². The Labute approximate surface area is 103 Å². The maximum Gasteiger partial charge on any atom is 0.0483 e. The predicted molar refractivity (Wildman–Crippen MR) is 74.1 cm³/mol. The molecule has 2 aromatic rings. The summed E-state index contributed by atoms with van der Waals surface area (Å²) in [5.41, 5.74) is 2.70. The Balaban J connectivity index is 2.27. The minimum Gasteiger partial charge on any atom is -0.347 e. The van der Waals surface area contributed by atoms with Gasteiger partial charge in [0.05, 0.1) is 0 Å². The quantitative estimate of drug-likeness (QED) is 0.593. The Kier molecular flexibility index (Phi) is 3.99. The molecule has 0 saturated heterocycles. The van der Waals surface area contributed by atoms with E-state index >= 15 is 0 Å². The minimum absolute atomic E-state index is 0.925. The largest absolute Gasteiger partial charge is 0.347 e. The van der Waals surface area contributed by atoms with Gasteiger partial charge in [-0.15, -0.1) is 6.58 Å². The van der Waals surface area contributed by atoms with Gasteiger partial charge in [0.2, 0.25) is 0 Å². The van der Waals surface area contributed by atoms with Crippen LogP contribution in [0, 0.1) is 0 Å². The number of nitrogens with zero attached hydrogens (tertiary/aromatic N) is 1. The summed E-state index contributed by atoms with van der Waals surface area (Å²) < 4.78 is 2.33. The van der Waals surface area contributed by atoms with Crippen molar-refractivity contribution in [3.05, 3.63) is 48.7 Å². The highest BCUT2D eigenvalue weighted by Gasteiger charge is 2.04. The molecular formula is C15H20N2. The van der Waals surface area contributed by atoms with Gasteiger partial charge in [0.25, 0.3) is 0 Å². The first-order chi connectivity index (χ1) is 8.36. The van der Waals surface area contributed by atoms with Crippen molar-refractivity contribution < 1.29 is 0 Å². The van der Waals surface area contributed by atoms with Crippen LogP contribution in [0.2, 0.25) is 0 Å². The lowest BCUT2D eigenvalue weighted by atomic mass is 10.1. The molecule has 90 valence electrons. The van der Waals surface area contributed by atoms with Crippen molar-refractivity contribution in [2.75, 3.05) is 7.05 Å². The van der Waals surface area contributed by atoms with Gasteiger partial charge < -0.3 is 9.88 Å². The van der Waals surface area contributed by atoms with Gasteiger partial charge in [-0.25, -0.2) is 0 Å².